The van der Waals surface area contributed by atoms with Crippen molar-refractivity contribution >= 4 is 50.4 Å². The fourth-order valence-electron chi connectivity index (χ4n) is 4.77. The van der Waals surface area contributed by atoms with Crippen molar-refractivity contribution in [3.05, 3.63) is 53.6 Å². The van der Waals surface area contributed by atoms with Gasteiger partial charge in [-0.15, -0.1) is 0 Å². The van der Waals surface area contributed by atoms with Crippen molar-refractivity contribution in [2.45, 2.75) is 57.0 Å². The Kier molecular flexibility index (Phi) is 10.3. The van der Waals surface area contributed by atoms with Crippen LogP contribution in [0.3, 0.4) is 0 Å². The van der Waals surface area contributed by atoms with Gasteiger partial charge in [-0.05, 0) is 88.6 Å². The normalized spacial score (nSPS) is 17.7. The van der Waals surface area contributed by atoms with Gasteiger partial charge < -0.3 is 20.7 Å². The van der Waals surface area contributed by atoms with E-state index in [4.69, 9.17) is 21.3 Å². The van der Waals surface area contributed by atoms with E-state index < -0.39 is 21.7 Å². The summed E-state index contributed by atoms with van der Waals surface area (Å²) in [4.78, 5) is 21.5. The van der Waals surface area contributed by atoms with E-state index in [1.165, 1.54) is 6.07 Å². The van der Waals surface area contributed by atoms with Crippen molar-refractivity contribution in [1.82, 2.24) is 20.0 Å². The lowest BCUT2D eigenvalue weighted by Gasteiger charge is -2.28. The minimum atomic E-state index is -3.58. The Labute approximate surface area is 247 Å². The molecule has 1 heterocycles. The van der Waals surface area contributed by atoms with Gasteiger partial charge in [-0.2, -0.15) is 4.98 Å². The van der Waals surface area contributed by atoms with Gasteiger partial charge in [-0.3, -0.25) is 0 Å². The van der Waals surface area contributed by atoms with Gasteiger partial charge in [-0.25, -0.2) is 22.9 Å². The zero-order chi connectivity index (χ0) is 29.5. The molecule has 0 bridgehead atoms. The molecule has 222 valence electrons. The summed E-state index contributed by atoms with van der Waals surface area (Å²) in [6.07, 6.45) is 3.42. The van der Waals surface area contributed by atoms with Gasteiger partial charge in [0.1, 0.15) is 11.4 Å². The molecule has 1 fully saturated rings. The van der Waals surface area contributed by atoms with Gasteiger partial charge in [0, 0.05) is 36.6 Å². The lowest BCUT2D eigenvalue weighted by molar-refractivity contribution is 0.0530. The van der Waals surface area contributed by atoms with Gasteiger partial charge in [0.05, 0.1) is 10.4 Å². The summed E-state index contributed by atoms with van der Waals surface area (Å²) in [6, 6.07) is 14.1. The van der Waals surface area contributed by atoms with Gasteiger partial charge >= 0.3 is 6.09 Å². The largest absolute Gasteiger partial charge is 0.444 e. The number of aromatic nitrogens is 2. The predicted octanol–water partition coefficient (Wildman–Crippen LogP) is 5.42. The Bertz CT molecular complexity index is 1440. The highest BCUT2D eigenvalue weighted by molar-refractivity contribution is 7.89. The minimum absolute atomic E-state index is 0.187. The number of benzene rings is 2. The maximum Gasteiger partial charge on any atom is 0.407 e. The number of hydrogen-bond acceptors (Lipinski definition) is 8. The van der Waals surface area contributed by atoms with Crippen LogP contribution in [-0.4, -0.2) is 56.3 Å². The SMILES string of the molecule is CC(C)(C)OC(=O)NCCNc1nc(NC[C@H]2CC[C@H](CNS(=O)(=O)c3cccc(Cl)c3)CC2)nc2ccccc12. The quantitative estimate of drug-likeness (QED) is 0.214. The molecule has 0 atom stereocenters. The second kappa shape index (κ2) is 13.7. The predicted molar refractivity (Wildman–Crippen MR) is 163 cm³/mol. The first kappa shape index (κ1) is 30.8. The number of hydrogen-bond donors (Lipinski definition) is 4. The molecule has 1 aliphatic carbocycles. The van der Waals surface area contributed by atoms with Crippen molar-refractivity contribution in [1.29, 1.82) is 0 Å². The molecular weight excluding hydrogens is 564 g/mol. The Balaban J connectivity index is 1.25. The van der Waals surface area contributed by atoms with Crippen LogP contribution in [0.15, 0.2) is 53.4 Å². The molecular formula is C29H39ClN6O4S. The zero-order valence-corrected chi connectivity index (χ0v) is 25.3. The number of nitrogens with zero attached hydrogens (tertiary/aromatic N) is 2. The topological polar surface area (TPSA) is 134 Å². The van der Waals surface area contributed by atoms with Crippen LogP contribution in [0.1, 0.15) is 46.5 Å². The van der Waals surface area contributed by atoms with Gasteiger partial charge in [-0.1, -0.05) is 29.8 Å². The Morgan fingerprint density at radius 1 is 0.951 bits per heavy atom. The lowest BCUT2D eigenvalue weighted by atomic mass is 9.82. The third kappa shape index (κ3) is 9.44. The number of sulfonamides is 1. The van der Waals surface area contributed by atoms with Crippen LogP contribution >= 0.6 is 11.6 Å². The van der Waals surface area contributed by atoms with Crippen LogP contribution in [0, 0.1) is 11.8 Å². The first-order valence-corrected chi connectivity index (χ1v) is 15.8. The highest BCUT2D eigenvalue weighted by atomic mass is 35.5. The average Bonchev–Trinajstić information content (AvgIpc) is 2.92. The number of para-hydroxylation sites is 1. The number of halogens is 1. The summed E-state index contributed by atoms with van der Waals surface area (Å²) in [5.74, 6) is 1.98. The number of rotatable bonds is 11. The molecule has 0 saturated heterocycles. The maximum atomic E-state index is 12.6. The smallest absolute Gasteiger partial charge is 0.407 e. The molecule has 10 nitrogen and oxygen atoms in total. The van der Waals surface area contributed by atoms with Crippen molar-refractivity contribution in [2.75, 3.05) is 36.8 Å². The first-order valence-electron chi connectivity index (χ1n) is 13.9. The molecule has 2 aromatic carbocycles. The maximum absolute atomic E-state index is 12.6. The van der Waals surface area contributed by atoms with Gasteiger partial charge in [0.2, 0.25) is 16.0 Å². The van der Waals surface area contributed by atoms with Gasteiger partial charge in [0.25, 0.3) is 0 Å². The fraction of sp³-hybridized carbons (Fsp3) is 0.483. The fourth-order valence-corrected chi connectivity index (χ4v) is 6.19. The number of alkyl carbamates (subject to hydrolysis) is 1. The highest BCUT2D eigenvalue weighted by Crippen LogP contribution is 2.29. The third-order valence-corrected chi connectivity index (χ3v) is 8.53. The van der Waals surface area contributed by atoms with E-state index in [0.29, 0.717) is 48.3 Å². The number of carbonyl (C=O) groups excluding carboxylic acids is 1. The van der Waals surface area contributed by atoms with E-state index >= 15 is 0 Å². The van der Waals surface area contributed by atoms with Crippen molar-refractivity contribution in [2.24, 2.45) is 11.8 Å². The Morgan fingerprint density at radius 2 is 1.66 bits per heavy atom. The van der Waals surface area contributed by atoms with Crippen LogP contribution in [0.5, 0.6) is 0 Å². The molecule has 41 heavy (non-hydrogen) atoms. The van der Waals surface area contributed by atoms with Crippen LogP contribution in [0.25, 0.3) is 10.9 Å². The number of fused-ring (bicyclic) bond motifs is 1. The molecule has 0 unspecified atom stereocenters. The van der Waals surface area contributed by atoms with Crippen LogP contribution in [0.4, 0.5) is 16.6 Å². The molecule has 1 aromatic heterocycles. The van der Waals surface area contributed by atoms with Crippen LogP contribution < -0.4 is 20.7 Å². The first-order chi connectivity index (χ1) is 19.5. The van der Waals surface area contributed by atoms with E-state index in [1.807, 2.05) is 45.0 Å². The zero-order valence-electron chi connectivity index (χ0n) is 23.7. The molecule has 12 heteroatoms. The van der Waals surface area contributed by atoms with Crippen LogP contribution in [0.2, 0.25) is 5.02 Å². The number of amides is 1. The molecule has 1 aliphatic rings. The van der Waals surface area contributed by atoms with E-state index in [0.717, 1.165) is 43.1 Å². The molecule has 4 N–H and O–H groups in total. The highest BCUT2D eigenvalue weighted by Gasteiger charge is 2.24. The Morgan fingerprint density at radius 3 is 2.37 bits per heavy atom. The molecule has 4 rings (SSSR count). The second-order valence-electron chi connectivity index (χ2n) is 11.3. The van der Waals surface area contributed by atoms with E-state index in [9.17, 15) is 13.2 Å². The summed E-state index contributed by atoms with van der Waals surface area (Å²) < 4.78 is 33.2. The molecule has 0 aliphatic heterocycles. The molecule has 0 spiro atoms. The summed E-state index contributed by atoms with van der Waals surface area (Å²) in [5, 5.41) is 10.8. The molecule has 1 saturated carbocycles. The monoisotopic (exact) mass is 602 g/mol. The van der Waals surface area contributed by atoms with Crippen molar-refractivity contribution in [3.8, 4) is 0 Å². The molecule has 3 aromatic rings. The van der Waals surface area contributed by atoms with Crippen molar-refractivity contribution in [3.63, 3.8) is 0 Å². The van der Waals surface area contributed by atoms with E-state index in [1.54, 1.807) is 18.2 Å². The summed E-state index contributed by atoms with van der Waals surface area (Å²) in [6.45, 7) is 7.49. The third-order valence-electron chi connectivity index (χ3n) is 6.87. The lowest BCUT2D eigenvalue weighted by Crippen LogP contribution is -2.35. The second-order valence-corrected chi connectivity index (χ2v) is 13.5. The molecule has 1 amide bonds. The van der Waals surface area contributed by atoms with E-state index in [-0.39, 0.29) is 4.90 Å². The van der Waals surface area contributed by atoms with E-state index in [2.05, 4.69) is 25.7 Å². The molecule has 0 radical (unpaired) electrons. The van der Waals surface area contributed by atoms with Gasteiger partial charge in [0.15, 0.2) is 0 Å². The standard InChI is InChI=1S/C29H39ClN6O4S/c1-29(2,3)40-28(37)32-16-15-31-26-24-9-4-5-10-25(24)35-27(36-26)33-18-20-11-13-21(14-12-20)19-34-41(38,39)23-8-6-7-22(30)17-23/h4-10,17,20-21,34H,11-16,18-19H2,1-3H3,(H,32,37)(H2,31,33,35,36)/t20-,21-. The van der Waals surface area contributed by atoms with Crippen molar-refractivity contribution < 1.29 is 17.9 Å². The minimum Gasteiger partial charge on any atom is -0.444 e. The summed E-state index contributed by atoms with van der Waals surface area (Å²) in [7, 11) is -3.58. The summed E-state index contributed by atoms with van der Waals surface area (Å²) in [5.41, 5.74) is 0.276. The number of anilines is 2. The number of carbonyl (C=O) groups is 1. The summed E-state index contributed by atoms with van der Waals surface area (Å²) >= 11 is 5.95. The number of nitrogens with one attached hydrogen (secondary N) is 4. The number of ether oxygens (including phenoxy) is 1. The average molecular weight is 603 g/mol. The van der Waals surface area contributed by atoms with Crippen LogP contribution in [-0.2, 0) is 14.8 Å². The Hall–Kier alpha value is -3.15.